The van der Waals surface area contributed by atoms with Crippen LogP contribution in [0.5, 0.6) is 11.5 Å². The molecule has 0 saturated heterocycles. The SMILES string of the molecule is COc1cc(C=NNC(=O)CSc2n[nH+]c(SCc3ccc(C)cc3)s2)ccc1[O-]. The van der Waals surface area contributed by atoms with E-state index in [1.165, 1.54) is 53.6 Å². The first-order chi connectivity index (χ1) is 14.5. The van der Waals surface area contributed by atoms with Crippen LogP contribution in [0.1, 0.15) is 16.7 Å². The molecule has 7 nitrogen and oxygen atoms in total. The number of H-pyrrole nitrogens is 1. The van der Waals surface area contributed by atoms with E-state index in [1.807, 2.05) is 0 Å². The molecule has 0 radical (unpaired) electrons. The summed E-state index contributed by atoms with van der Waals surface area (Å²) in [6.45, 7) is 2.07. The Morgan fingerprint density at radius 1 is 1.30 bits per heavy atom. The van der Waals surface area contributed by atoms with Gasteiger partial charge in [0.2, 0.25) is 4.34 Å². The number of ether oxygens (including phenoxy) is 1. The van der Waals surface area contributed by atoms with Gasteiger partial charge in [0.05, 0.1) is 19.1 Å². The summed E-state index contributed by atoms with van der Waals surface area (Å²) in [4.78, 5) is 12.0. The van der Waals surface area contributed by atoms with Crippen molar-refractivity contribution in [3.05, 3.63) is 59.2 Å². The highest BCUT2D eigenvalue weighted by Crippen LogP contribution is 2.28. The molecular formula is C20H20N4O3S3. The van der Waals surface area contributed by atoms with Gasteiger partial charge in [0, 0.05) is 10.9 Å². The number of benzene rings is 2. The number of hydrogen-bond donors (Lipinski definition) is 1. The molecule has 0 unspecified atom stereocenters. The van der Waals surface area contributed by atoms with Crippen LogP contribution in [0, 0.1) is 6.92 Å². The number of nitrogens with zero attached hydrogens (tertiary/aromatic N) is 2. The third-order valence-corrected chi connectivity index (χ3v) is 7.15. The van der Waals surface area contributed by atoms with Crippen molar-refractivity contribution in [2.75, 3.05) is 12.9 Å². The topological polar surface area (TPSA) is 101 Å². The number of methoxy groups -OCH3 is 1. The van der Waals surface area contributed by atoms with E-state index in [0.29, 0.717) is 5.56 Å². The highest BCUT2D eigenvalue weighted by Gasteiger charge is 2.13. The lowest BCUT2D eigenvalue weighted by Crippen LogP contribution is -2.19. The number of aromatic amines is 1. The molecule has 156 valence electrons. The Morgan fingerprint density at radius 2 is 2.10 bits per heavy atom. The predicted molar refractivity (Wildman–Crippen MR) is 118 cm³/mol. The zero-order valence-electron chi connectivity index (χ0n) is 16.4. The van der Waals surface area contributed by atoms with Gasteiger partial charge in [-0.15, -0.1) is 0 Å². The molecule has 0 bridgehead atoms. The largest absolute Gasteiger partial charge is 0.870 e. The minimum atomic E-state index is -0.243. The molecule has 0 fully saturated rings. The van der Waals surface area contributed by atoms with Gasteiger partial charge in [-0.1, -0.05) is 64.6 Å². The fraction of sp³-hybridized carbons (Fsp3) is 0.200. The number of hydrogen-bond acceptors (Lipinski definition) is 8. The molecule has 0 saturated carbocycles. The molecule has 1 heterocycles. The second kappa shape index (κ2) is 11.0. The summed E-state index contributed by atoms with van der Waals surface area (Å²) >= 11 is 4.54. The molecule has 3 aromatic rings. The van der Waals surface area contributed by atoms with E-state index in [9.17, 15) is 9.90 Å². The Morgan fingerprint density at radius 3 is 2.87 bits per heavy atom. The number of nitrogens with one attached hydrogen (secondary N) is 2. The van der Waals surface area contributed by atoms with E-state index < -0.39 is 0 Å². The van der Waals surface area contributed by atoms with Gasteiger partial charge in [0.1, 0.15) is 5.75 Å². The first kappa shape index (κ1) is 22.1. The van der Waals surface area contributed by atoms with Crippen LogP contribution in [0.3, 0.4) is 0 Å². The molecule has 2 aromatic carbocycles. The fourth-order valence-electron chi connectivity index (χ4n) is 2.28. The maximum atomic E-state index is 12.0. The van der Waals surface area contributed by atoms with Gasteiger partial charge < -0.3 is 9.84 Å². The van der Waals surface area contributed by atoms with Gasteiger partial charge in [0.15, 0.2) is 0 Å². The Balaban J connectivity index is 1.42. The molecule has 1 amide bonds. The summed E-state index contributed by atoms with van der Waals surface area (Å²) in [5.41, 5.74) is 5.62. The van der Waals surface area contributed by atoms with Crippen LogP contribution in [0.15, 0.2) is 56.2 Å². The minimum Gasteiger partial charge on any atom is -0.870 e. The van der Waals surface area contributed by atoms with Gasteiger partial charge in [-0.05, 0) is 47.2 Å². The molecule has 0 aliphatic heterocycles. The maximum Gasteiger partial charge on any atom is 0.323 e. The summed E-state index contributed by atoms with van der Waals surface area (Å²) in [6, 6.07) is 13.0. The molecule has 0 atom stereocenters. The van der Waals surface area contributed by atoms with Crippen LogP contribution in [0.2, 0.25) is 0 Å². The molecule has 3 rings (SSSR count). The van der Waals surface area contributed by atoms with Gasteiger partial charge >= 0.3 is 4.34 Å². The second-order valence-corrected chi connectivity index (χ2v) is 9.61. The lowest BCUT2D eigenvalue weighted by atomic mass is 10.2. The lowest BCUT2D eigenvalue weighted by molar-refractivity contribution is -0.492. The molecule has 0 spiro atoms. The second-order valence-electron chi connectivity index (χ2n) is 6.15. The Hall–Kier alpha value is -2.56. The molecule has 1 aromatic heterocycles. The lowest BCUT2D eigenvalue weighted by Gasteiger charge is -2.11. The van der Waals surface area contributed by atoms with Crippen molar-refractivity contribution in [3.8, 4) is 11.5 Å². The van der Waals surface area contributed by atoms with Crippen LogP contribution >= 0.6 is 34.9 Å². The smallest absolute Gasteiger partial charge is 0.323 e. The number of rotatable bonds is 9. The average Bonchev–Trinajstić information content (AvgIpc) is 3.21. The first-order valence-electron chi connectivity index (χ1n) is 8.90. The van der Waals surface area contributed by atoms with Crippen molar-refractivity contribution in [1.29, 1.82) is 0 Å². The molecule has 0 aliphatic carbocycles. The first-order valence-corrected chi connectivity index (χ1v) is 11.7. The number of carbonyl (C=O) groups excluding carboxylic acids is 1. The minimum absolute atomic E-state index is 0.198. The standard InChI is InChI=1S/C20H20N4O3S3/c1-13-3-5-14(6-4-13)11-28-19-23-24-20(30-19)29-12-18(26)22-21-10-15-7-8-16(25)17(9-15)27-2/h3-10,25H,11-12H2,1-2H3,(H,22,26). The number of aryl methyl sites for hydroxylation is 1. The zero-order valence-corrected chi connectivity index (χ0v) is 18.8. The third kappa shape index (κ3) is 6.75. The summed E-state index contributed by atoms with van der Waals surface area (Å²) in [7, 11) is 1.43. The van der Waals surface area contributed by atoms with E-state index in [1.54, 1.807) is 23.9 Å². The van der Waals surface area contributed by atoms with Crippen LogP contribution in [0.4, 0.5) is 0 Å². The third-order valence-electron chi connectivity index (χ3n) is 3.83. The van der Waals surface area contributed by atoms with Crippen molar-refractivity contribution in [3.63, 3.8) is 0 Å². The highest BCUT2D eigenvalue weighted by atomic mass is 32.2. The Kier molecular flexibility index (Phi) is 8.12. The number of amides is 1. The van der Waals surface area contributed by atoms with Gasteiger partial charge in [0.25, 0.3) is 5.91 Å². The fourth-order valence-corrected chi connectivity index (χ4v) is 5.12. The summed E-state index contributed by atoms with van der Waals surface area (Å²) in [5, 5.41) is 22.6. The zero-order chi connectivity index (χ0) is 21.3. The molecular weight excluding hydrogens is 440 g/mol. The van der Waals surface area contributed by atoms with E-state index in [0.717, 1.165) is 14.4 Å². The molecule has 30 heavy (non-hydrogen) atoms. The molecule has 2 N–H and O–H groups in total. The molecule has 0 aliphatic rings. The van der Waals surface area contributed by atoms with Crippen molar-refractivity contribution in [1.82, 2.24) is 10.5 Å². The van der Waals surface area contributed by atoms with Crippen molar-refractivity contribution in [2.24, 2.45) is 5.10 Å². The van der Waals surface area contributed by atoms with Gasteiger partial charge in [-0.25, -0.2) is 5.43 Å². The number of carbonyl (C=O) groups is 1. The normalized spacial score (nSPS) is 11.0. The van der Waals surface area contributed by atoms with Gasteiger partial charge in [-0.2, -0.15) is 5.10 Å². The van der Waals surface area contributed by atoms with Crippen LogP contribution in [0.25, 0.3) is 0 Å². The van der Waals surface area contributed by atoms with Crippen LogP contribution in [-0.2, 0) is 10.5 Å². The monoisotopic (exact) mass is 460 g/mol. The maximum absolute atomic E-state index is 12.0. The average molecular weight is 461 g/mol. The Bertz CT molecular complexity index is 1020. The highest BCUT2D eigenvalue weighted by molar-refractivity contribution is 8.03. The van der Waals surface area contributed by atoms with Crippen molar-refractivity contribution < 1.29 is 19.7 Å². The van der Waals surface area contributed by atoms with Crippen molar-refractivity contribution >= 4 is 47.0 Å². The van der Waals surface area contributed by atoms with E-state index >= 15 is 0 Å². The van der Waals surface area contributed by atoms with E-state index in [4.69, 9.17) is 4.74 Å². The summed E-state index contributed by atoms with van der Waals surface area (Å²) in [6.07, 6.45) is 1.46. The number of hydrazone groups is 1. The number of thioether (sulfide) groups is 2. The van der Waals surface area contributed by atoms with E-state index in [-0.39, 0.29) is 23.2 Å². The molecule has 10 heteroatoms. The van der Waals surface area contributed by atoms with E-state index in [2.05, 4.69) is 51.9 Å². The summed E-state index contributed by atoms with van der Waals surface area (Å²) in [5.74, 6) is 0.844. The van der Waals surface area contributed by atoms with Gasteiger partial charge in [-0.3, -0.25) is 4.79 Å². The Labute approximate surface area is 187 Å². The van der Waals surface area contributed by atoms with Crippen LogP contribution < -0.4 is 20.4 Å². The predicted octanol–water partition coefficient (Wildman–Crippen LogP) is 2.88. The van der Waals surface area contributed by atoms with Crippen molar-refractivity contribution in [2.45, 2.75) is 21.4 Å². The number of aromatic nitrogens is 2. The quantitative estimate of drug-likeness (QED) is 0.299. The van der Waals surface area contributed by atoms with Crippen LogP contribution in [-0.4, -0.2) is 30.1 Å². The summed E-state index contributed by atoms with van der Waals surface area (Å²) < 4.78 is 6.76.